The van der Waals surface area contributed by atoms with Crippen molar-refractivity contribution in [3.63, 3.8) is 0 Å². The highest BCUT2D eigenvalue weighted by molar-refractivity contribution is 6.30. The molecule has 1 N–H and O–H groups in total. The number of halogens is 2. The van der Waals surface area contributed by atoms with Gasteiger partial charge >= 0.3 is 0 Å². The van der Waals surface area contributed by atoms with Gasteiger partial charge in [0.15, 0.2) is 0 Å². The van der Waals surface area contributed by atoms with Gasteiger partial charge < -0.3 is 5.11 Å². The number of rotatable bonds is 4. The standard InChI is InChI=1S/C17H18ClFO/c1-11(2)13-5-3-12(4-6-13)9-17(20)14-7-8-15(18)16(19)10-14/h3-8,10-11,17,20H,9H2,1-2H3. The first-order valence-electron chi connectivity index (χ1n) is 6.69. The van der Waals surface area contributed by atoms with Crippen LogP contribution in [0.5, 0.6) is 0 Å². The average Bonchev–Trinajstić information content (AvgIpc) is 2.42. The lowest BCUT2D eigenvalue weighted by Gasteiger charge is -2.13. The van der Waals surface area contributed by atoms with E-state index >= 15 is 0 Å². The molecule has 20 heavy (non-hydrogen) atoms. The Balaban J connectivity index is 2.10. The van der Waals surface area contributed by atoms with Gasteiger partial charge in [0.1, 0.15) is 5.82 Å². The van der Waals surface area contributed by atoms with Gasteiger partial charge in [-0.25, -0.2) is 4.39 Å². The van der Waals surface area contributed by atoms with Crippen LogP contribution >= 0.6 is 11.6 Å². The lowest BCUT2D eigenvalue weighted by atomic mass is 9.97. The number of benzene rings is 2. The van der Waals surface area contributed by atoms with Crippen molar-refractivity contribution in [3.8, 4) is 0 Å². The molecule has 0 radical (unpaired) electrons. The maximum atomic E-state index is 13.4. The van der Waals surface area contributed by atoms with Crippen LogP contribution in [-0.2, 0) is 6.42 Å². The third kappa shape index (κ3) is 3.59. The Morgan fingerprint density at radius 3 is 2.20 bits per heavy atom. The Bertz CT molecular complexity index is 578. The SMILES string of the molecule is CC(C)c1ccc(CC(O)c2ccc(Cl)c(F)c2)cc1. The van der Waals surface area contributed by atoms with Gasteiger partial charge in [0.05, 0.1) is 11.1 Å². The van der Waals surface area contributed by atoms with E-state index < -0.39 is 11.9 Å². The number of aliphatic hydroxyl groups excluding tert-OH is 1. The van der Waals surface area contributed by atoms with Crippen LogP contribution in [0.3, 0.4) is 0 Å². The van der Waals surface area contributed by atoms with E-state index in [-0.39, 0.29) is 5.02 Å². The summed E-state index contributed by atoms with van der Waals surface area (Å²) in [6.07, 6.45) is -0.272. The van der Waals surface area contributed by atoms with Crippen molar-refractivity contribution in [1.82, 2.24) is 0 Å². The minimum atomic E-state index is -0.730. The average molecular weight is 293 g/mol. The second-order valence-corrected chi connectivity index (χ2v) is 5.70. The van der Waals surface area contributed by atoms with Crippen LogP contribution in [0, 0.1) is 5.82 Å². The summed E-state index contributed by atoms with van der Waals surface area (Å²) in [6, 6.07) is 12.5. The van der Waals surface area contributed by atoms with Crippen molar-refractivity contribution in [3.05, 3.63) is 70.0 Å². The number of hydrogen-bond acceptors (Lipinski definition) is 1. The first kappa shape index (κ1) is 15.0. The highest BCUT2D eigenvalue weighted by atomic mass is 35.5. The molecule has 1 unspecified atom stereocenters. The largest absolute Gasteiger partial charge is 0.388 e. The molecular formula is C17H18ClFO. The van der Waals surface area contributed by atoms with E-state index in [2.05, 4.69) is 26.0 Å². The maximum Gasteiger partial charge on any atom is 0.142 e. The molecule has 1 atom stereocenters. The minimum Gasteiger partial charge on any atom is -0.388 e. The van der Waals surface area contributed by atoms with Gasteiger partial charge in [-0.15, -0.1) is 0 Å². The summed E-state index contributed by atoms with van der Waals surface area (Å²) in [4.78, 5) is 0. The molecule has 2 rings (SSSR count). The van der Waals surface area contributed by atoms with Crippen molar-refractivity contribution >= 4 is 11.6 Å². The van der Waals surface area contributed by atoms with Crippen molar-refractivity contribution in [2.75, 3.05) is 0 Å². The summed E-state index contributed by atoms with van der Waals surface area (Å²) in [5, 5.41) is 10.2. The van der Waals surface area contributed by atoms with E-state index in [1.807, 2.05) is 12.1 Å². The van der Waals surface area contributed by atoms with Gasteiger partial charge in [0, 0.05) is 6.42 Å². The monoisotopic (exact) mass is 292 g/mol. The van der Waals surface area contributed by atoms with Crippen LogP contribution in [0.15, 0.2) is 42.5 Å². The van der Waals surface area contributed by atoms with Crippen LogP contribution in [0.25, 0.3) is 0 Å². The second kappa shape index (κ2) is 6.38. The van der Waals surface area contributed by atoms with E-state index in [0.717, 1.165) is 5.56 Å². The van der Waals surface area contributed by atoms with Gasteiger partial charge in [-0.3, -0.25) is 0 Å². The summed E-state index contributed by atoms with van der Waals surface area (Å²) in [5.74, 6) is -0.0160. The zero-order valence-electron chi connectivity index (χ0n) is 11.6. The van der Waals surface area contributed by atoms with Crippen LogP contribution in [0.1, 0.15) is 42.6 Å². The van der Waals surface area contributed by atoms with Crippen molar-refractivity contribution in [1.29, 1.82) is 0 Å². The Morgan fingerprint density at radius 2 is 1.65 bits per heavy atom. The molecule has 3 heteroatoms. The predicted octanol–water partition coefficient (Wildman–Crippen LogP) is 4.88. The smallest absolute Gasteiger partial charge is 0.142 e. The van der Waals surface area contributed by atoms with Gasteiger partial charge in [-0.1, -0.05) is 55.8 Å². The predicted molar refractivity (Wildman–Crippen MR) is 80.6 cm³/mol. The molecule has 0 saturated carbocycles. The highest BCUT2D eigenvalue weighted by Crippen LogP contribution is 2.23. The van der Waals surface area contributed by atoms with Crippen molar-refractivity contribution < 1.29 is 9.50 Å². The van der Waals surface area contributed by atoms with E-state index in [1.165, 1.54) is 17.7 Å². The molecule has 0 aliphatic carbocycles. The zero-order valence-corrected chi connectivity index (χ0v) is 12.4. The lowest BCUT2D eigenvalue weighted by molar-refractivity contribution is 0.178. The molecule has 1 nitrogen and oxygen atoms in total. The molecule has 0 heterocycles. The molecule has 0 saturated heterocycles. The van der Waals surface area contributed by atoms with Gasteiger partial charge in [-0.05, 0) is 34.7 Å². The lowest BCUT2D eigenvalue weighted by Crippen LogP contribution is -2.02. The molecule has 0 amide bonds. The molecule has 106 valence electrons. The van der Waals surface area contributed by atoms with E-state index in [1.54, 1.807) is 6.07 Å². The molecule has 2 aromatic rings. The first-order chi connectivity index (χ1) is 9.47. The van der Waals surface area contributed by atoms with E-state index in [4.69, 9.17) is 11.6 Å². The van der Waals surface area contributed by atoms with E-state index in [9.17, 15) is 9.50 Å². The Kier molecular flexibility index (Phi) is 4.79. The number of aliphatic hydroxyl groups is 1. The van der Waals surface area contributed by atoms with Gasteiger partial charge in [-0.2, -0.15) is 0 Å². The highest BCUT2D eigenvalue weighted by Gasteiger charge is 2.11. The van der Waals surface area contributed by atoms with Crippen LogP contribution in [0.4, 0.5) is 4.39 Å². The molecule has 0 aliphatic rings. The Hall–Kier alpha value is -1.38. The molecule has 0 spiro atoms. The first-order valence-corrected chi connectivity index (χ1v) is 7.07. The van der Waals surface area contributed by atoms with Crippen molar-refractivity contribution in [2.45, 2.75) is 32.3 Å². The summed E-state index contributed by atoms with van der Waals surface area (Å²) in [5.41, 5.74) is 2.83. The summed E-state index contributed by atoms with van der Waals surface area (Å²) >= 11 is 5.64. The van der Waals surface area contributed by atoms with Crippen LogP contribution < -0.4 is 0 Å². The molecule has 0 aromatic heterocycles. The fourth-order valence-electron chi connectivity index (χ4n) is 2.10. The third-order valence-corrected chi connectivity index (χ3v) is 3.71. The van der Waals surface area contributed by atoms with Crippen LogP contribution in [-0.4, -0.2) is 5.11 Å². The minimum absolute atomic E-state index is 0.0715. The van der Waals surface area contributed by atoms with Gasteiger partial charge in [0.25, 0.3) is 0 Å². The molecular weight excluding hydrogens is 275 g/mol. The van der Waals surface area contributed by atoms with Crippen LogP contribution in [0.2, 0.25) is 5.02 Å². The third-order valence-electron chi connectivity index (χ3n) is 3.40. The molecule has 2 aromatic carbocycles. The zero-order chi connectivity index (χ0) is 14.7. The number of hydrogen-bond donors (Lipinski definition) is 1. The van der Waals surface area contributed by atoms with E-state index in [0.29, 0.717) is 17.9 Å². The van der Waals surface area contributed by atoms with Crippen molar-refractivity contribution in [2.24, 2.45) is 0 Å². The molecule has 0 aliphatic heterocycles. The summed E-state index contributed by atoms with van der Waals surface area (Å²) < 4.78 is 13.4. The second-order valence-electron chi connectivity index (χ2n) is 5.29. The molecule has 0 bridgehead atoms. The quantitative estimate of drug-likeness (QED) is 0.851. The fraction of sp³-hybridized carbons (Fsp3) is 0.294. The summed E-state index contributed by atoms with van der Waals surface area (Å²) in [7, 11) is 0. The summed E-state index contributed by atoms with van der Waals surface area (Å²) in [6.45, 7) is 4.28. The topological polar surface area (TPSA) is 20.2 Å². The normalized spacial score (nSPS) is 12.7. The van der Waals surface area contributed by atoms with Gasteiger partial charge in [0.2, 0.25) is 0 Å². The Morgan fingerprint density at radius 1 is 1.05 bits per heavy atom. The Labute approximate surface area is 124 Å². The molecule has 0 fully saturated rings. The maximum absolute atomic E-state index is 13.4. The fourth-order valence-corrected chi connectivity index (χ4v) is 2.22.